The Kier molecular flexibility index (Phi) is 6.04. The second-order valence-electron chi connectivity index (χ2n) is 6.78. The zero-order valence-electron chi connectivity index (χ0n) is 16.0. The molecule has 0 bridgehead atoms. The Bertz CT molecular complexity index is 1330. The molecule has 0 unspecified atom stereocenters. The molecule has 0 atom stereocenters. The van der Waals surface area contributed by atoms with Crippen molar-refractivity contribution in [1.29, 1.82) is 0 Å². The van der Waals surface area contributed by atoms with Crippen LogP contribution in [0.4, 0.5) is 13.2 Å². The van der Waals surface area contributed by atoms with E-state index in [1.165, 1.54) is 18.2 Å². The largest absolute Gasteiger partial charge is 0.422 e. The van der Waals surface area contributed by atoms with Gasteiger partial charge in [0.25, 0.3) is 0 Å². The second kappa shape index (κ2) is 8.76. The molecule has 1 aliphatic rings. The summed E-state index contributed by atoms with van der Waals surface area (Å²) in [6.07, 6.45) is 1.41. The fourth-order valence-corrected chi connectivity index (χ4v) is 3.67. The van der Waals surface area contributed by atoms with E-state index in [2.05, 4.69) is 15.9 Å². The first-order valence-electron chi connectivity index (χ1n) is 9.14. The van der Waals surface area contributed by atoms with Crippen molar-refractivity contribution in [2.45, 2.75) is 0 Å². The standard InChI is InChI=1S/C24H11BrClF3O3/c25-15-5-1-12(2-6-15)21-20(10-13-3-7-16(27)11-17(13)26)32-24(31)22(21)23(30)14-4-8-18(28)19(29)9-14/h1-11H/b20-10-. The summed E-state index contributed by atoms with van der Waals surface area (Å²) in [5, 5.41) is 0.0732. The normalized spacial score (nSPS) is 14.8. The van der Waals surface area contributed by atoms with E-state index >= 15 is 0 Å². The fourth-order valence-electron chi connectivity index (χ4n) is 3.18. The second-order valence-corrected chi connectivity index (χ2v) is 8.10. The lowest BCUT2D eigenvalue weighted by molar-refractivity contribution is -0.132. The van der Waals surface area contributed by atoms with Crippen LogP contribution in [0.15, 0.2) is 76.5 Å². The lowest BCUT2D eigenvalue weighted by Gasteiger charge is -2.07. The van der Waals surface area contributed by atoms with E-state index in [1.54, 1.807) is 24.3 Å². The predicted octanol–water partition coefficient (Wildman–Crippen LogP) is 6.75. The van der Waals surface area contributed by atoms with Crippen LogP contribution in [-0.4, -0.2) is 11.8 Å². The summed E-state index contributed by atoms with van der Waals surface area (Å²) in [6, 6.07) is 13.0. The minimum atomic E-state index is -1.22. The molecule has 32 heavy (non-hydrogen) atoms. The molecule has 0 spiro atoms. The number of allylic oxidation sites excluding steroid dienone is 1. The van der Waals surface area contributed by atoms with Crippen LogP contribution in [0.1, 0.15) is 21.5 Å². The lowest BCUT2D eigenvalue weighted by atomic mass is 9.93. The summed E-state index contributed by atoms with van der Waals surface area (Å²) in [7, 11) is 0. The van der Waals surface area contributed by atoms with Crippen LogP contribution in [0, 0.1) is 17.5 Å². The molecule has 0 N–H and O–H groups in total. The van der Waals surface area contributed by atoms with E-state index < -0.39 is 29.2 Å². The first kappa shape index (κ1) is 22.0. The number of hydrogen-bond acceptors (Lipinski definition) is 3. The molecule has 0 aromatic heterocycles. The number of ketones is 1. The number of carbonyl (C=O) groups excluding carboxylic acids is 2. The molecule has 0 radical (unpaired) electrons. The van der Waals surface area contributed by atoms with Crippen molar-refractivity contribution in [3.8, 4) is 0 Å². The molecule has 4 rings (SSSR count). The smallest absolute Gasteiger partial charge is 0.348 e. The van der Waals surface area contributed by atoms with Crippen molar-refractivity contribution in [3.63, 3.8) is 0 Å². The number of rotatable bonds is 4. The number of benzene rings is 3. The molecule has 0 saturated heterocycles. The Labute approximate surface area is 193 Å². The van der Waals surface area contributed by atoms with Gasteiger partial charge in [-0.05, 0) is 59.7 Å². The monoisotopic (exact) mass is 518 g/mol. The third-order valence-corrected chi connectivity index (χ3v) is 5.55. The summed E-state index contributed by atoms with van der Waals surface area (Å²) < 4.78 is 46.6. The molecular weight excluding hydrogens is 509 g/mol. The van der Waals surface area contributed by atoms with E-state index in [-0.39, 0.29) is 27.5 Å². The Balaban J connectivity index is 1.92. The minimum Gasteiger partial charge on any atom is -0.422 e. The third-order valence-electron chi connectivity index (χ3n) is 4.69. The number of carbonyl (C=O) groups is 2. The third kappa shape index (κ3) is 4.26. The van der Waals surface area contributed by atoms with E-state index in [1.807, 2.05) is 0 Å². The first-order valence-corrected chi connectivity index (χ1v) is 10.3. The molecule has 0 aliphatic carbocycles. The van der Waals surface area contributed by atoms with Crippen molar-refractivity contribution >= 4 is 50.9 Å². The van der Waals surface area contributed by atoms with Gasteiger partial charge in [-0.15, -0.1) is 0 Å². The summed E-state index contributed by atoms with van der Waals surface area (Å²) in [4.78, 5) is 25.8. The number of ether oxygens (including phenoxy) is 1. The lowest BCUT2D eigenvalue weighted by Crippen LogP contribution is -2.12. The van der Waals surface area contributed by atoms with Crippen LogP contribution < -0.4 is 0 Å². The van der Waals surface area contributed by atoms with Crippen molar-refractivity contribution in [2.24, 2.45) is 0 Å². The van der Waals surface area contributed by atoms with Gasteiger partial charge in [-0.2, -0.15) is 0 Å². The summed E-state index contributed by atoms with van der Waals surface area (Å²) in [5.41, 5.74) is 0.411. The van der Waals surface area contributed by atoms with Crippen molar-refractivity contribution in [3.05, 3.63) is 116 Å². The molecule has 1 heterocycles. The maximum atomic E-state index is 13.7. The topological polar surface area (TPSA) is 43.4 Å². The van der Waals surface area contributed by atoms with Gasteiger partial charge in [-0.1, -0.05) is 45.7 Å². The Hall–Kier alpha value is -3.16. The Morgan fingerprint density at radius 1 is 0.938 bits per heavy atom. The maximum absolute atomic E-state index is 13.7. The number of hydrogen-bond donors (Lipinski definition) is 0. The molecule has 3 nitrogen and oxygen atoms in total. The summed E-state index contributed by atoms with van der Waals surface area (Å²) >= 11 is 9.42. The maximum Gasteiger partial charge on any atom is 0.348 e. The molecule has 0 fully saturated rings. The van der Waals surface area contributed by atoms with E-state index in [0.29, 0.717) is 11.1 Å². The van der Waals surface area contributed by atoms with Gasteiger partial charge in [-0.25, -0.2) is 18.0 Å². The van der Waals surface area contributed by atoms with Gasteiger partial charge in [0, 0.05) is 15.6 Å². The zero-order chi connectivity index (χ0) is 23.0. The molecule has 160 valence electrons. The van der Waals surface area contributed by atoms with E-state index in [0.717, 1.165) is 28.7 Å². The SMILES string of the molecule is O=C1O/C(=C\c2ccc(F)cc2Cl)C(c2ccc(Br)cc2)=C1C(=O)c1ccc(F)c(F)c1. The van der Waals surface area contributed by atoms with Gasteiger partial charge in [-0.3, -0.25) is 4.79 Å². The van der Waals surface area contributed by atoms with Gasteiger partial charge >= 0.3 is 5.97 Å². The average molecular weight is 520 g/mol. The van der Waals surface area contributed by atoms with Crippen LogP contribution in [0.5, 0.6) is 0 Å². The molecule has 0 saturated carbocycles. The van der Waals surface area contributed by atoms with Crippen LogP contribution in [0.3, 0.4) is 0 Å². The highest BCUT2D eigenvalue weighted by molar-refractivity contribution is 9.10. The van der Waals surface area contributed by atoms with Crippen molar-refractivity contribution in [1.82, 2.24) is 0 Å². The molecule has 3 aromatic rings. The highest BCUT2D eigenvalue weighted by Crippen LogP contribution is 2.38. The highest BCUT2D eigenvalue weighted by Gasteiger charge is 2.36. The number of cyclic esters (lactones) is 1. The Morgan fingerprint density at radius 3 is 2.31 bits per heavy atom. The summed E-state index contributed by atoms with van der Waals surface area (Å²) in [6.45, 7) is 0. The zero-order valence-corrected chi connectivity index (χ0v) is 18.3. The molecule has 1 aliphatic heterocycles. The predicted molar refractivity (Wildman–Crippen MR) is 117 cm³/mol. The van der Waals surface area contributed by atoms with Gasteiger partial charge in [0.15, 0.2) is 11.6 Å². The molecule has 0 amide bonds. The van der Waals surface area contributed by atoms with Crippen LogP contribution in [0.25, 0.3) is 11.6 Å². The molecule has 8 heteroatoms. The van der Waals surface area contributed by atoms with Crippen molar-refractivity contribution in [2.75, 3.05) is 0 Å². The van der Waals surface area contributed by atoms with Gasteiger partial charge < -0.3 is 4.74 Å². The number of esters is 1. The summed E-state index contributed by atoms with van der Waals surface area (Å²) in [5.74, 6) is -4.66. The molecule has 3 aromatic carbocycles. The van der Waals surface area contributed by atoms with Gasteiger partial charge in [0.2, 0.25) is 5.78 Å². The van der Waals surface area contributed by atoms with Crippen molar-refractivity contribution < 1.29 is 27.5 Å². The van der Waals surface area contributed by atoms with Crippen LogP contribution >= 0.6 is 27.5 Å². The van der Waals surface area contributed by atoms with Gasteiger partial charge in [0.05, 0.1) is 5.02 Å². The van der Waals surface area contributed by atoms with Crippen LogP contribution in [0.2, 0.25) is 5.02 Å². The fraction of sp³-hybridized carbons (Fsp3) is 0. The highest BCUT2D eigenvalue weighted by atomic mass is 79.9. The number of halogens is 5. The quantitative estimate of drug-likeness (QED) is 0.217. The average Bonchev–Trinajstić information content (AvgIpc) is 3.07. The number of Topliss-reactive ketones (excluding diaryl/α,β-unsaturated/α-hetero) is 1. The van der Waals surface area contributed by atoms with Gasteiger partial charge in [0.1, 0.15) is 17.1 Å². The first-order chi connectivity index (χ1) is 15.2. The molecular formula is C24H11BrClF3O3. The van der Waals surface area contributed by atoms with E-state index in [4.69, 9.17) is 16.3 Å². The van der Waals surface area contributed by atoms with Crippen LogP contribution in [-0.2, 0) is 9.53 Å². The van der Waals surface area contributed by atoms with E-state index in [9.17, 15) is 22.8 Å². The Morgan fingerprint density at radius 2 is 1.66 bits per heavy atom. The minimum absolute atomic E-state index is 0.0109.